The van der Waals surface area contributed by atoms with Crippen molar-refractivity contribution in [1.29, 1.82) is 0 Å². The van der Waals surface area contributed by atoms with Crippen LogP contribution < -0.4 is 15.4 Å². The molecule has 1 aromatic carbocycles. The summed E-state index contributed by atoms with van der Waals surface area (Å²) < 4.78 is 46.5. The zero-order valence-corrected chi connectivity index (χ0v) is 15.3. The Morgan fingerprint density at radius 3 is 2.48 bits per heavy atom. The van der Waals surface area contributed by atoms with E-state index in [1.807, 2.05) is 0 Å². The third-order valence-electron chi connectivity index (χ3n) is 2.72. The van der Waals surface area contributed by atoms with Crippen LogP contribution in [0.2, 0.25) is 5.28 Å². The predicted molar refractivity (Wildman–Crippen MR) is 93.3 cm³/mol. The van der Waals surface area contributed by atoms with E-state index in [1.54, 1.807) is 39.0 Å². The van der Waals surface area contributed by atoms with Gasteiger partial charge in [0.25, 0.3) is 0 Å². The van der Waals surface area contributed by atoms with Crippen molar-refractivity contribution in [3.05, 3.63) is 35.7 Å². The molecular formula is C16H16ClF3N4O3. The fraction of sp³-hybridized carbons (Fsp3) is 0.312. The van der Waals surface area contributed by atoms with Crippen molar-refractivity contribution in [2.75, 3.05) is 10.6 Å². The van der Waals surface area contributed by atoms with Crippen molar-refractivity contribution in [3.8, 4) is 5.75 Å². The number of carbonyl (C=O) groups excluding carboxylic acids is 1. The Hall–Kier alpha value is -2.75. The van der Waals surface area contributed by atoms with Crippen LogP contribution in [0.4, 0.5) is 35.2 Å². The van der Waals surface area contributed by atoms with Crippen molar-refractivity contribution >= 4 is 34.9 Å². The van der Waals surface area contributed by atoms with E-state index >= 15 is 0 Å². The summed E-state index contributed by atoms with van der Waals surface area (Å²) in [7, 11) is 0. The van der Waals surface area contributed by atoms with E-state index in [4.69, 9.17) is 16.3 Å². The molecule has 0 radical (unpaired) electrons. The number of alkyl halides is 3. The SMILES string of the molecule is CC(C)(C)OC(=O)Nc1cccc(Nc2nc(Cl)ncc2OC(F)(F)F)c1. The Morgan fingerprint density at radius 1 is 1.19 bits per heavy atom. The number of nitrogens with zero attached hydrogens (tertiary/aromatic N) is 2. The third-order valence-corrected chi connectivity index (χ3v) is 2.90. The number of hydrogen-bond acceptors (Lipinski definition) is 6. The second-order valence-corrected chi connectivity index (χ2v) is 6.57. The van der Waals surface area contributed by atoms with Gasteiger partial charge in [-0.1, -0.05) is 6.07 Å². The van der Waals surface area contributed by atoms with Crippen LogP contribution in [0.15, 0.2) is 30.5 Å². The standard InChI is InChI=1S/C16H16ClF3N4O3/c1-15(2,3)27-14(25)23-10-6-4-5-9(7-10)22-12-11(26-16(18,19)20)8-21-13(17)24-12/h4-8H,1-3H3,(H,23,25)(H,21,22,24). The lowest BCUT2D eigenvalue weighted by Gasteiger charge is -2.20. The van der Waals surface area contributed by atoms with E-state index in [-0.39, 0.29) is 11.1 Å². The molecule has 0 saturated heterocycles. The van der Waals surface area contributed by atoms with Crippen LogP contribution in [0, 0.1) is 0 Å². The summed E-state index contributed by atoms with van der Waals surface area (Å²) in [6, 6.07) is 6.17. The van der Waals surface area contributed by atoms with Crippen LogP contribution in [-0.2, 0) is 4.74 Å². The number of amides is 1. The second-order valence-electron chi connectivity index (χ2n) is 6.23. The highest BCUT2D eigenvalue weighted by atomic mass is 35.5. The second kappa shape index (κ2) is 7.87. The largest absolute Gasteiger partial charge is 0.573 e. The Kier molecular flexibility index (Phi) is 5.99. The van der Waals surface area contributed by atoms with E-state index in [0.717, 1.165) is 6.20 Å². The van der Waals surface area contributed by atoms with Gasteiger partial charge in [-0.25, -0.2) is 9.78 Å². The molecule has 2 rings (SSSR count). The molecule has 0 bridgehead atoms. The third kappa shape index (κ3) is 7.18. The number of nitrogens with one attached hydrogen (secondary N) is 2. The topological polar surface area (TPSA) is 85.4 Å². The molecule has 11 heteroatoms. The molecule has 7 nitrogen and oxygen atoms in total. The summed E-state index contributed by atoms with van der Waals surface area (Å²) >= 11 is 5.64. The van der Waals surface area contributed by atoms with E-state index in [0.29, 0.717) is 11.4 Å². The minimum Gasteiger partial charge on any atom is -0.444 e. The van der Waals surface area contributed by atoms with Crippen LogP contribution in [0.25, 0.3) is 0 Å². The fourth-order valence-corrected chi connectivity index (χ4v) is 2.00. The summed E-state index contributed by atoms with van der Waals surface area (Å²) in [6.45, 7) is 5.14. The molecule has 1 amide bonds. The fourth-order valence-electron chi connectivity index (χ4n) is 1.87. The van der Waals surface area contributed by atoms with Gasteiger partial charge < -0.3 is 14.8 Å². The van der Waals surface area contributed by atoms with Gasteiger partial charge in [-0.3, -0.25) is 5.32 Å². The summed E-state index contributed by atoms with van der Waals surface area (Å²) in [5.74, 6) is -0.945. The van der Waals surface area contributed by atoms with Crippen LogP contribution >= 0.6 is 11.6 Å². The summed E-state index contributed by atoms with van der Waals surface area (Å²) in [5, 5.41) is 4.89. The minimum atomic E-state index is -4.92. The molecule has 0 aliphatic carbocycles. The zero-order valence-electron chi connectivity index (χ0n) is 14.5. The van der Waals surface area contributed by atoms with Crippen LogP contribution in [0.3, 0.4) is 0 Å². The zero-order chi connectivity index (χ0) is 20.2. The van der Waals surface area contributed by atoms with Gasteiger partial charge in [-0.05, 0) is 50.6 Å². The first-order valence-electron chi connectivity index (χ1n) is 7.57. The molecule has 0 unspecified atom stereocenters. The maximum atomic E-state index is 12.5. The summed E-state index contributed by atoms with van der Waals surface area (Å²) in [4.78, 5) is 19.0. The molecule has 27 heavy (non-hydrogen) atoms. The normalized spacial score (nSPS) is 11.7. The molecule has 2 N–H and O–H groups in total. The monoisotopic (exact) mass is 404 g/mol. The number of aromatic nitrogens is 2. The molecule has 2 aromatic rings. The molecule has 0 atom stereocenters. The number of ether oxygens (including phenoxy) is 2. The van der Waals surface area contributed by atoms with Crippen LogP contribution in [0.5, 0.6) is 5.75 Å². The quantitative estimate of drug-likeness (QED) is 0.688. The highest BCUT2D eigenvalue weighted by Crippen LogP contribution is 2.31. The molecular weight excluding hydrogens is 389 g/mol. The molecule has 1 heterocycles. The first-order valence-corrected chi connectivity index (χ1v) is 7.94. The molecule has 1 aromatic heterocycles. The van der Waals surface area contributed by atoms with Crippen LogP contribution in [0.1, 0.15) is 20.8 Å². The van der Waals surface area contributed by atoms with Crippen molar-refractivity contribution < 1.29 is 27.4 Å². The van der Waals surface area contributed by atoms with Crippen LogP contribution in [-0.4, -0.2) is 28.0 Å². The molecule has 0 saturated carbocycles. The first-order chi connectivity index (χ1) is 12.4. The van der Waals surface area contributed by atoms with E-state index in [1.165, 1.54) is 6.07 Å². The van der Waals surface area contributed by atoms with E-state index < -0.39 is 23.8 Å². The van der Waals surface area contributed by atoms with Gasteiger partial charge in [-0.2, -0.15) is 4.98 Å². The number of rotatable bonds is 4. The summed E-state index contributed by atoms with van der Waals surface area (Å²) in [5.41, 5.74) is -0.000338. The number of carbonyl (C=O) groups is 1. The minimum absolute atomic E-state index is 0.268. The molecule has 0 fully saturated rings. The lowest BCUT2D eigenvalue weighted by Crippen LogP contribution is -2.27. The number of anilines is 3. The average Bonchev–Trinajstić information content (AvgIpc) is 2.47. The van der Waals surface area contributed by atoms with Gasteiger partial charge in [0, 0.05) is 11.4 Å². The molecule has 146 valence electrons. The van der Waals surface area contributed by atoms with Crippen molar-refractivity contribution in [2.24, 2.45) is 0 Å². The maximum Gasteiger partial charge on any atom is 0.573 e. The number of halogens is 4. The smallest absolute Gasteiger partial charge is 0.444 e. The average molecular weight is 405 g/mol. The Bertz CT molecular complexity index is 825. The first kappa shape index (κ1) is 20.6. The Morgan fingerprint density at radius 2 is 1.85 bits per heavy atom. The lowest BCUT2D eigenvalue weighted by molar-refractivity contribution is -0.274. The van der Waals surface area contributed by atoms with E-state index in [9.17, 15) is 18.0 Å². The lowest BCUT2D eigenvalue weighted by atomic mass is 10.2. The predicted octanol–water partition coefficient (Wildman–Crippen LogP) is 5.12. The van der Waals surface area contributed by atoms with Crippen molar-refractivity contribution in [3.63, 3.8) is 0 Å². The maximum absolute atomic E-state index is 12.5. The van der Waals surface area contributed by atoms with Crippen molar-refractivity contribution in [1.82, 2.24) is 9.97 Å². The van der Waals surface area contributed by atoms with Gasteiger partial charge in [-0.15, -0.1) is 13.2 Å². The molecule has 0 spiro atoms. The van der Waals surface area contributed by atoms with Gasteiger partial charge in [0.2, 0.25) is 5.28 Å². The van der Waals surface area contributed by atoms with E-state index in [2.05, 4.69) is 25.3 Å². The Balaban J connectivity index is 2.19. The molecule has 0 aliphatic heterocycles. The summed E-state index contributed by atoms with van der Waals surface area (Å²) in [6.07, 6.45) is -4.80. The number of hydrogen-bond donors (Lipinski definition) is 2. The van der Waals surface area contributed by atoms with Gasteiger partial charge in [0.05, 0.1) is 6.20 Å². The molecule has 0 aliphatic rings. The number of benzene rings is 1. The highest BCUT2D eigenvalue weighted by molar-refractivity contribution is 6.28. The highest BCUT2D eigenvalue weighted by Gasteiger charge is 2.33. The van der Waals surface area contributed by atoms with Gasteiger partial charge in [0.15, 0.2) is 11.6 Å². The van der Waals surface area contributed by atoms with Crippen molar-refractivity contribution in [2.45, 2.75) is 32.7 Å². The van der Waals surface area contributed by atoms with Gasteiger partial charge in [0.1, 0.15) is 5.60 Å². The Labute approximate surface area is 157 Å². The van der Waals surface area contributed by atoms with Gasteiger partial charge >= 0.3 is 12.5 Å².